The van der Waals surface area contributed by atoms with E-state index >= 15 is 0 Å². The summed E-state index contributed by atoms with van der Waals surface area (Å²) < 4.78 is 39.8. The molecule has 1 heterocycles. The number of piperazine rings is 1. The lowest BCUT2D eigenvalue weighted by atomic mass is 10.2. The number of amides is 1. The Morgan fingerprint density at radius 3 is 2.32 bits per heavy atom. The van der Waals surface area contributed by atoms with Gasteiger partial charge in [-0.2, -0.15) is 9.57 Å². The Morgan fingerprint density at radius 1 is 1.04 bits per heavy atom. The van der Waals surface area contributed by atoms with E-state index in [0.717, 1.165) is 0 Å². The van der Waals surface area contributed by atoms with Crippen LogP contribution < -0.4 is 0 Å². The van der Waals surface area contributed by atoms with E-state index in [1.54, 1.807) is 35.2 Å². The number of carbonyl (C=O) groups is 1. The molecule has 0 aromatic heterocycles. The van der Waals surface area contributed by atoms with Crippen LogP contribution in [0.1, 0.15) is 11.1 Å². The van der Waals surface area contributed by atoms with Gasteiger partial charge < -0.3 is 4.90 Å². The maximum atomic E-state index is 12.9. The zero-order valence-corrected chi connectivity index (χ0v) is 15.8. The van der Waals surface area contributed by atoms with E-state index in [0.29, 0.717) is 5.56 Å². The average Bonchev–Trinajstić information content (AvgIpc) is 2.73. The van der Waals surface area contributed by atoms with E-state index in [1.165, 1.54) is 34.6 Å². The van der Waals surface area contributed by atoms with E-state index in [2.05, 4.69) is 0 Å². The Balaban J connectivity index is 1.64. The molecule has 0 spiro atoms. The van der Waals surface area contributed by atoms with Crippen molar-refractivity contribution in [2.24, 2.45) is 0 Å². The van der Waals surface area contributed by atoms with Crippen LogP contribution in [-0.4, -0.2) is 49.7 Å². The van der Waals surface area contributed by atoms with Gasteiger partial charge in [-0.3, -0.25) is 4.79 Å². The third kappa shape index (κ3) is 4.27. The number of hydrogen-bond acceptors (Lipinski definition) is 4. The molecule has 0 unspecified atom stereocenters. The fourth-order valence-corrected chi connectivity index (χ4v) is 4.48. The summed E-state index contributed by atoms with van der Waals surface area (Å²) in [6, 6.07) is 13.7. The fraction of sp³-hybridized carbons (Fsp3) is 0.200. The number of rotatable bonds is 4. The normalized spacial score (nSPS) is 15.5. The maximum absolute atomic E-state index is 12.9. The molecule has 28 heavy (non-hydrogen) atoms. The molecule has 0 atom stereocenters. The van der Waals surface area contributed by atoms with Gasteiger partial charge >= 0.3 is 0 Å². The molecule has 1 fully saturated rings. The summed E-state index contributed by atoms with van der Waals surface area (Å²) in [5.74, 6) is -0.586. The van der Waals surface area contributed by atoms with Gasteiger partial charge in [-0.15, -0.1) is 0 Å². The first-order valence-electron chi connectivity index (χ1n) is 8.63. The molecule has 2 aromatic carbocycles. The number of nitriles is 1. The van der Waals surface area contributed by atoms with Crippen molar-refractivity contribution in [3.05, 3.63) is 71.6 Å². The second kappa shape index (κ2) is 8.33. The van der Waals surface area contributed by atoms with Crippen LogP contribution in [-0.2, 0) is 14.8 Å². The minimum Gasteiger partial charge on any atom is -0.337 e. The largest absolute Gasteiger partial charge is 0.337 e. The van der Waals surface area contributed by atoms with Crippen LogP contribution in [0, 0.1) is 17.1 Å². The first kappa shape index (κ1) is 19.7. The second-order valence-corrected chi connectivity index (χ2v) is 8.13. The monoisotopic (exact) mass is 399 g/mol. The summed E-state index contributed by atoms with van der Waals surface area (Å²) in [6.07, 6.45) is 2.98. The Labute approximate surface area is 163 Å². The summed E-state index contributed by atoms with van der Waals surface area (Å²) in [6.45, 7) is 0.803. The van der Waals surface area contributed by atoms with Gasteiger partial charge in [0.2, 0.25) is 15.9 Å². The molecule has 0 bridgehead atoms. The molecule has 6 nitrogen and oxygen atoms in total. The van der Waals surface area contributed by atoms with Crippen LogP contribution in [0.25, 0.3) is 6.08 Å². The van der Waals surface area contributed by atoms with Gasteiger partial charge in [0.1, 0.15) is 11.9 Å². The number of carbonyl (C=O) groups excluding carboxylic acids is 1. The van der Waals surface area contributed by atoms with Crippen molar-refractivity contribution in [1.29, 1.82) is 5.26 Å². The molecular formula is C20H18FN3O3S. The number of nitrogens with zero attached hydrogens (tertiary/aromatic N) is 3. The number of sulfonamides is 1. The summed E-state index contributed by atoms with van der Waals surface area (Å²) in [7, 11) is -3.79. The smallest absolute Gasteiger partial charge is 0.246 e. The van der Waals surface area contributed by atoms with Crippen LogP contribution in [0.4, 0.5) is 4.39 Å². The molecule has 1 aliphatic rings. The quantitative estimate of drug-likeness (QED) is 0.739. The van der Waals surface area contributed by atoms with Gasteiger partial charge in [-0.05, 0) is 35.9 Å². The highest BCUT2D eigenvalue weighted by Crippen LogP contribution is 2.21. The van der Waals surface area contributed by atoms with Crippen LogP contribution in [0.15, 0.2) is 59.5 Å². The van der Waals surface area contributed by atoms with E-state index in [-0.39, 0.29) is 48.4 Å². The standard InChI is InChI=1S/C20H18FN3O3S/c21-18-8-5-16(6-9-18)7-10-20(25)23-11-13-24(14-12-23)28(26,27)19-4-2-1-3-17(19)15-22/h1-10H,11-14H2/b10-7+. The molecule has 3 rings (SSSR count). The molecule has 0 N–H and O–H groups in total. The van der Waals surface area contributed by atoms with Crippen molar-refractivity contribution >= 4 is 22.0 Å². The molecule has 1 aliphatic heterocycles. The first-order chi connectivity index (χ1) is 13.4. The topological polar surface area (TPSA) is 81.5 Å². The Kier molecular flexibility index (Phi) is 5.87. The lowest BCUT2D eigenvalue weighted by Crippen LogP contribution is -2.50. The van der Waals surface area contributed by atoms with Gasteiger partial charge in [0.05, 0.1) is 10.5 Å². The van der Waals surface area contributed by atoms with Crippen LogP contribution in [0.3, 0.4) is 0 Å². The van der Waals surface area contributed by atoms with E-state index in [4.69, 9.17) is 5.26 Å². The van der Waals surface area contributed by atoms with Gasteiger partial charge in [0.25, 0.3) is 0 Å². The lowest BCUT2D eigenvalue weighted by molar-refractivity contribution is -0.127. The van der Waals surface area contributed by atoms with Gasteiger partial charge in [-0.1, -0.05) is 24.3 Å². The van der Waals surface area contributed by atoms with Gasteiger partial charge in [0, 0.05) is 32.3 Å². The molecule has 0 saturated carbocycles. The third-order valence-electron chi connectivity index (χ3n) is 4.46. The van der Waals surface area contributed by atoms with Crippen molar-refractivity contribution in [2.45, 2.75) is 4.90 Å². The van der Waals surface area contributed by atoms with Crippen molar-refractivity contribution in [1.82, 2.24) is 9.21 Å². The first-order valence-corrected chi connectivity index (χ1v) is 10.1. The van der Waals surface area contributed by atoms with E-state index in [1.807, 2.05) is 6.07 Å². The average molecular weight is 399 g/mol. The number of benzene rings is 2. The predicted molar refractivity (Wildman–Crippen MR) is 102 cm³/mol. The van der Waals surface area contributed by atoms with Gasteiger partial charge in [-0.25, -0.2) is 12.8 Å². The van der Waals surface area contributed by atoms with Gasteiger partial charge in [0.15, 0.2) is 0 Å². The Hall–Kier alpha value is -3.02. The molecule has 0 radical (unpaired) electrons. The van der Waals surface area contributed by atoms with E-state index < -0.39 is 10.0 Å². The van der Waals surface area contributed by atoms with Crippen molar-refractivity contribution in [3.63, 3.8) is 0 Å². The zero-order chi connectivity index (χ0) is 20.1. The minimum atomic E-state index is -3.79. The second-order valence-electron chi connectivity index (χ2n) is 6.22. The maximum Gasteiger partial charge on any atom is 0.246 e. The fourth-order valence-electron chi connectivity index (χ4n) is 2.92. The van der Waals surface area contributed by atoms with Crippen LogP contribution in [0.5, 0.6) is 0 Å². The summed E-state index contributed by atoms with van der Waals surface area (Å²) in [4.78, 5) is 13.9. The minimum absolute atomic E-state index is 0.0199. The SMILES string of the molecule is N#Cc1ccccc1S(=O)(=O)N1CCN(C(=O)/C=C/c2ccc(F)cc2)CC1. The zero-order valence-electron chi connectivity index (χ0n) is 15.0. The summed E-state index contributed by atoms with van der Waals surface area (Å²) in [5.41, 5.74) is 0.798. The molecule has 0 aliphatic carbocycles. The molecule has 144 valence electrons. The molecule has 8 heteroatoms. The van der Waals surface area contributed by atoms with Crippen molar-refractivity contribution < 1.29 is 17.6 Å². The predicted octanol–water partition coefficient (Wildman–Crippen LogP) is 2.24. The number of hydrogen-bond donors (Lipinski definition) is 0. The molecule has 2 aromatic rings. The summed E-state index contributed by atoms with van der Waals surface area (Å²) in [5, 5.41) is 9.15. The lowest BCUT2D eigenvalue weighted by Gasteiger charge is -2.33. The Bertz CT molecular complexity index is 1040. The number of halogens is 1. The highest BCUT2D eigenvalue weighted by molar-refractivity contribution is 7.89. The van der Waals surface area contributed by atoms with E-state index in [9.17, 15) is 17.6 Å². The molecule has 1 amide bonds. The highest BCUT2D eigenvalue weighted by Gasteiger charge is 2.31. The highest BCUT2D eigenvalue weighted by atomic mass is 32.2. The summed E-state index contributed by atoms with van der Waals surface area (Å²) >= 11 is 0. The van der Waals surface area contributed by atoms with Crippen molar-refractivity contribution in [2.75, 3.05) is 26.2 Å². The third-order valence-corrected chi connectivity index (χ3v) is 6.42. The van der Waals surface area contributed by atoms with Crippen LogP contribution in [0.2, 0.25) is 0 Å². The van der Waals surface area contributed by atoms with Crippen LogP contribution >= 0.6 is 0 Å². The molecule has 1 saturated heterocycles. The molecular weight excluding hydrogens is 381 g/mol. The Morgan fingerprint density at radius 2 is 1.68 bits per heavy atom. The van der Waals surface area contributed by atoms with Crippen molar-refractivity contribution in [3.8, 4) is 6.07 Å².